The van der Waals surface area contributed by atoms with E-state index in [9.17, 15) is 0 Å². The molecule has 0 spiro atoms. The van der Waals surface area contributed by atoms with Crippen molar-refractivity contribution in [2.24, 2.45) is 5.73 Å². The number of hydrogen-bond acceptors (Lipinski definition) is 3. The lowest BCUT2D eigenvalue weighted by atomic mass is 9.75. The standard InChI is InChI=1S/C11H16N2S/c12-11(4-1-5-11)6-9-7-14-10(13-9)8-2-3-8/h7-8H,1-6,12H2. The molecule has 0 saturated heterocycles. The van der Waals surface area contributed by atoms with Crippen molar-refractivity contribution in [1.29, 1.82) is 0 Å². The molecule has 2 N–H and O–H groups in total. The molecule has 3 rings (SSSR count). The zero-order valence-corrected chi connectivity index (χ0v) is 9.15. The van der Waals surface area contributed by atoms with Crippen LogP contribution in [0.5, 0.6) is 0 Å². The van der Waals surface area contributed by atoms with Crippen molar-refractivity contribution < 1.29 is 0 Å². The second kappa shape index (κ2) is 3.04. The van der Waals surface area contributed by atoms with E-state index in [4.69, 9.17) is 5.73 Å². The molecule has 0 atom stereocenters. The summed E-state index contributed by atoms with van der Waals surface area (Å²) in [5.41, 5.74) is 7.53. The minimum absolute atomic E-state index is 0.0922. The van der Waals surface area contributed by atoms with E-state index in [-0.39, 0.29) is 5.54 Å². The highest BCUT2D eigenvalue weighted by atomic mass is 32.1. The van der Waals surface area contributed by atoms with Crippen LogP contribution in [-0.4, -0.2) is 10.5 Å². The molecular weight excluding hydrogens is 192 g/mol. The lowest BCUT2D eigenvalue weighted by Gasteiger charge is -2.37. The predicted octanol–water partition coefficient (Wildman–Crippen LogP) is 2.44. The van der Waals surface area contributed by atoms with E-state index < -0.39 is 0 Å². The van der Waals surface area contributed by atoms with Crippen molar-refractivity contribution in [3.63, 3.8) is 0 Å². The quantitative estimate of drug-likeness (QED) is 0.828. The van der Waals surface area contributed by atoms with Gasteiger partial charge in [0.25, 0.3) is 0 Å². The van der Waals surface area contributed by atoms with Gasteiger partial charge in [-0.2, -0.15) is 0 Å². The third-order valence-electron chi connectivity index (χ3n) is 3.38. The van der Waals surface area contributed by atoms with Crippen LogP contribution in [0.4, 0.5) is 0 Å². The summed E-state index contributed by atoms with van der Waals surface area (Å²) in [6.45, 7) is 0. The highest BCUT2D eigenvalue weighted by molar-refractivity contribution is 7.09. The van der Waals surface area contributed by atoms with E-state index in [1.54, 1.807) is 0 Å². The monoisotopic (exact) mass is 208 g/mol. The Morgan fingerprint density at radius 1 is 1.50 bits per heavy atom. The Balaban J connectivity index is 1.70. The molecule has 1 aromatic heterocycles. The summed E-state index contributed by atoms with van der Waals surface area (Å²) in [6, 6.07) is 0. The first kappa shape index (κ1) is 8.86. The smallest absolute Gasteiger partial charge is 0.0959 e. The van der Waals surface area contributed by atoms with Gasteiger partial charge in [-0.05, 0) is 32.1 Å². The average Bonchev–Trinajstić information content (AvgIpc) is 2.86. The van der Waals surface area contributed by atoms with Gasteiger partial charge in [0.1, 0.15) is 0 Å². The molecule has 0 amide bonds. The second-order valence-electron chi connectivity index (χ2n) is 4.84. The van der Waals surface area contributed by atoms with Gasteiger partial charge in [-0.25, -0.2) is 4.98 Å². The van der Waals surface area contributed by atoms with Crippen molar-refractivity contribution >= 4 is 11.3 Å². The zero-order chi connectivity index (χ0) is 9.60. The number of thiazole rings is 1. The Kier molecular flexibility index (Phi) is 1.92. The SMILES string of the molecule is NC1(Cc2csc(C3CC3)n2)CCC1. The minimum Gasteiger partial charge on any atom is -0.325 e. The lowest BCUT2D eigenvalue weighted by molar-refractivity contribution is 0.246. The summed E-state index contributed by atoms with van der Waals surface area (Å²) in [4.78, 5) is 4.68. The maximum atomic E-state index is 6.20. The maximum Gasteiger partial charge on any atom is 0.0959 e. The normalized spacial score (nSPS) is 24.6. The highest BCUT2D eigenvalue weighted by Crippen LogP contribution is 2.42. The van der Waals surface area contributed by atoms with Crippen LogP contribution in [0.3, 0.4) is 0 Å². The van der Waals surface area contributed by atoms with Crippen LogP contribution in [0.1, 0.15) is 48.7 Å². The van der Waals surface area contributed by atoms with Crippen molar-refractivity contribution in [3.05, 3.63) is 16.1 Å². The number of nitrogens with zero attached hydrogens (tertiary/aromatic N) is 1. The van der Waals surface area contributed by atoms with Crippen molar-refractivity contribution in [2.75, 3.05) is 0 Å². The third-order valence-corrected chi connectivity index (χ3v) is 4.43. The summed E-state index contributed by atoms with van der Waals surface area (Å²) in [5.74, 6) is 0.795. The van der Waals surface area contributed by atoms with Crippen molar-refractivity contribution in [2.45, 2.75) is 50.0 Å². The van der Waals surface area contributed by atoms with E-state index in [0.717, 1.165) is 12.3 Å². The van der Waals surface area contributed by atoms with Gasteiger partial charge in [0, 0.05) is 23.3 Å². The van der Waals surface area contributed by atoms with Crippen LogP contribution < -0.4 is 5.73 Å². The maximum absolute atomic E-state index is 6.20. The van der Waals surface area contributed by atoms with E-state index in [0.29, 0.717) is 0 Å². The number of aromatic nitrogens is 1. The molecule has 3 heteroatoms. The minimum atomic E-state index is 0.0922. The molecule has 14 heavy (non-hydrogen) atoms. The molecule has 0 aromatic carbocycles. The van der Waals surface area contributed by atoms with Crippen LogP contribution >= 0.6 is 11.3 Å². The largest absolute Gasteiger partial charge is 0.325 e. The van der Waals surface area contributed by atoms with Gasteiger partial charge in [-0.1, -0.05) is 0 Å². The summed E-state index contributed by atoms with van der Waals surface area (Å²) < 4.78 is 0. The Bertz CT molecular complexity index is 337. The summed E-state index contributed by atoms with van der Waals surface area (Å²) in [6.07, 6.45) is 7.36. The summed E-state index contributed by atoms with van der Waals surface area (Å²) >= 11 is 1.83. The van der Waals surface area contributed by atoms with Crippen LogP contribution in [0, 0.1) is 0 Å². The first-order valence-electron chi connectivity index (χ1n) is 5.48. The molecule has 2 aliphatic carbocycles. The fourth-order valence-electron chi connectivity index (χ4n) is 2.09. The average molecular weight is 208 g/mol. The van der Waals surface area contributed by atoms with Crippen LogP contribution in [0.2, 0.25) is 0 Å². The Morgan fingerprint density at radius 3 is 2.86 bits per heavy atom. The number of rotatable bonds is 3. The molecule has 0 unspecified atom stereocenters. The molecule has 0 aliphatic heterocycles. The van der Waals surface area contributed by atoms with Crippen molar-refractivity contribution in [1.82, 2.24) is 4.98 Å². The molecule has 2 fully saturated rings. The molecule has 76 valence electrons. The fraction of sp³-hybridized carbons (Fsp3) is 0.727. The Hall–Kier alpha value is -0.410. The Morgan fingerprint density at radius 2 is 2.29 bits per heavy atom. The van der Waals surface area contributed by atoms with Gasteiger partial charge in [0.15, 0.2) is 0 Å². The van der Waals surface area contributed by atoms with Crippen LogP contribution in [-0.2, 0) is 6.42 Å². The van der Waals surface area contributed by atoms with Gasteiger partial charge in [-0.15, -0.1) is 11.3 Å². The summed E-state index contributed by atoms with van der Waals surface area (Å²) in [5, 5.41) is 3.56. The molecule has 2 nitrogen and oxygen atoms in total. The van der Waals surface area contributed by atoms with Crippen molar-refractivity contribution in [3.8, 4) is 0 Å². The van der Waals surface area contributed by atoms with Gasteiger partial charge in [0.05, 0.1) is 10.7 Å². The van der Waals surface area contributed by atoms with Gasteiger partial charge in [-0.3, -0.25) is 0 Å². The van der Waals surface area contributed by atoms with Crippen LogP contribution in [0.25, 0.3) is 0 Å². The molecule has 0 radical (unpaired) electrons. The topological polar surface area (TPSA) is 38.9 Å². The highest BCUT2D eigenvalue weighted by Gasteiger charge is 2.34. The van der Waals surface area contributed by atoms with E-state index in [2.05, 4.69) is 10.4 Å². The van der Waals surface area contributed by atoms with Gasteiger partial charge >= 0.3 is 0 Å². The molecule has 2 aliphatic rings. The van der Waals surface area contributed by atoms with E-state index >= 15 is 0 Å². The van der Waals surface area contributed by atoms with E-state index in [1.165, 1.54) is 42.8 Å². The second-order valence-corrected chi connectivity index (χ2v) is 5.73. The van der Waals surface area contributed by atoms with E-state index in [1.807, 2.05) is 11.3 Å². The molecule has 1 heterocycles. The molecule has 0 bridgehead atoms. The Labute approximate surface area is 88.5 Å². The first-order valence-corrected chi connectivity index (χ1v) is 6.36. The lowest BCUT2D eigenvalue weighted by Crippen LogP contribution is -2.48. The third kappa shape index (κ3) is 1.59. The molecular formula is C11H16N2S. The summed E-state index contributed by atoms with van der Waals surface area (Å²) in [7, 11) is 0. The van der Waals surface area contributed by atoms with Crippen LogP contribution in [0.15, 0.2) is 5.38 Å². The zero-order valence-electron chi connectivity index (χ0n) is 8.33. The van der Waals surface area contributed by atoms with Gasteiger partial charge < -0.3 is 5.73 Å². The number of nitrogens with two attached hydrogens (primary N) is 1. The number of hydrogen-bond donors (Lipinski definition) is 1. The predicted molar refractivity (Wildman–Crippen MR) is 58.6 cm³/mol. The fourth-order valence-corrected chi connectivity index (χ4v) is 3.08. The molecule has 1 aromatic rings. The molecule has 2 saturated carbocycles. The van der Waals surface area contributed by atoms with Gasteiger partial charge in [0.2, 0.25) is 0 Å². The first-order chi connectivity index (χ1) is 6.75.